The van der Waals surface area contributed by atoms with Crippen LogP contribution in [0.25, 0.3) is 11.5 Å². The minimum Gasteiger partial charge on any atom is -0.444 e. The van der Waals surface area contributed by atoms with Gasteiger partial charge in [0.15, 0.2) is 5.82 Å². The normalized spacial score (nSPS) is 17.6. The van der Waals surface area contributed by atoms with E-state index < -0.39 is 5.60 Å². The van der Waals surface area contributed by atoms with Gasteiger partial charge in [-0.15, -0.1) is 0 Å². The molecule has 1 atom stereocenters. The highest BCUT2D eigenvalue weighted by molar-refractivity contribution is 5.68. The highest BCUT2D eigenvalue weighted by atomic mass is 16.6. The van der Waals surface area contributed by atoms with E-state index in [1.165, 1.54) is 0 Å². The number of nitrogens with zero attached hydrogens (tertiary/aromatic N) is 4. The monoisotopic (exact) mass is 345 g/mol. The molecule has 1 N–H and O–H groups in total. The first-order valence-corrected chi connectivity index (χ1v) is 8.31. The Balaban J connectivity index is 1.61. The Bertz CT molecular complexity index is 753. The molecule has 3 rings (SSSR count). The molecule has 1 saturated heterocycles. The summed E-state index contributed by atoms with van der Waals surface area (Å²) in [6.45, 7) is 8.62. The van der Waals surface area contributed by atoms with Crippen molar-refractivity contribution in [2.45, 2.75) is 45.8 Å². The molecule has 8 nitrogen and oxygen atoms in total. The molecular formula is C17H23N5O3. The molecule has 1 amide bonds. The van der Waals surface area contributed by atoms with Gasteiger partial charge in [-0.1, -0.05) is 5.16 Å². The summed E-state index contributed by atoms with van der Waals surface area (Å²) >= 11 is 0. The van der Waals surface area contributed by atoms with E-state index in [2.05, 4.69) is 20.4 Å². The van der Waals surface area contributed by atoms with Gasteiger partial charge in [0.2, 0.25) is 0 Å². The molecule has 1 fully saturated rings. The number of carbonyl (C=O) groups is 1. The summed E-state index contributed by atoms with van der Waals surface area (Å²) in [6.07, 6.45) is 2.25. The Hall–Kier alpha value is -2.64. The molecule has 25 heavy (non-hydrogen) atoms. The van der Waals surface area contributed by atoms with Crippen molar-refractivity contribution < 1.29 is 14.1 Å². The molecule has 1 unspecified atom stereocenters. The molecule has 2 aromatic heterocycles. The van der Waals surface area contributed by atoms with E-state index in [1.807, 2.05) is 32.9 Å². The summed E-state index contributed by atoms with van der Waals surface area (Å²) in [5.74, 6) is 1.76. The smallest absolute Gasteiger partial charge is 0.410 e. The number of aromatic nitrogens is 3. The summed E-state index contributed by atoms with van der Waals surface area (Å²) in [7, 11) is 0. The van der Waals surface area contributed by atoms with Crippen molar-refractivity contribution in [3.8, 4) is 11.5 Å². The van der Waals surface area contributed by atoms with E-state index in [-0.39, 0.29) is 12.1 Å². The lowest BCUT2D eigenvalue weighted by molar-refractivity contribution is 0.0293. The Morgan fingerprint density at radius 2 is 2.24 bits per heavy atom. The Morgan fingerprint density at radius 3 is 2.92 bits per heavy atom. The fourth-order valence-corrected chi connectivity index (χ4v) is 2.64. The second kappa shape index (κ2) is 6.70. The molecule has 3 heterocycles. The zero-order valence-electron chi connectivity index (χ0n) is 14.9. The van der Waals surface area contributed by atoms with Crippen LogP contribution in [-0.2, 0) is 4.74 Å². The first-order valence-electron chi connectivity index (χ1n) is 8.31. The minimum absolute atomic E-state index is 0.125. The first kappa shape index (κ1) is 17.2. The van der Waals surface area contributed by atoms with Gasteiger partial charge in [-0.3, -0.25) is 0 Å². The molecule has 1 aliphatic heterocycles. The summed E-state index contributed by atoms with van der Waals surface area (Å²) in [5.41, 5.74) is 0.320. The number of hydrogen-bond donors (Lipinski definition) is 1. The SMILES string of the molecule is Cc1noc(-c2ccnc(NC3CCN(C(=O)OC(C)(C)C)C3)c2)n1. The second-order valence-electron chi connectivity index (χ2n) is 7.13. The molecule has 0 aromatic carbocycles. The average Bonchev–Trinajstić information content (AvgIpc) is 3.15. The Morgan fingerprint density at radius 1 is 1.44 bits per heavy atom. The average molecular weight is 345 g/mol. The zero-order chi connectivity index (χ0) is 18.0. The van der Waals surface area contributed by atoms with Gasteiger partial charge >= 0.3 is 6.09 Å². The first-order chi connectivity index (χ1) is 11.8. The van der Waals surface area contributed by atoms with Crippen molar-refractivity contribution in [1.29, 1.82) is 0 Å². The highest BCUT2D eigenvalue weighted by Crippen LogP contribution is 2.22. The van der Waals surface area contributed by atoms with Crippen molar-refractivity contribution in [1.82, 2.24) is 20.0 Å². The number of aryl methyl sites for hydroxylation is 1. The summed E-state index contributed by atoms with van der Waals surface area (Å²) < 4.78 is 10.6. The van der Waals surface area contributed by atoms with Gasteiger partial charge in [-0.25, -0.2) is 9.78 Å². The number of amides is 1. The van der Waals surface area contributed by atoms with Crippen LogP contribution in [0.1, 0.15) is 33.0 Å². The fraction of sp³-hybridized carbons (Fsp3) is 0.529. The summed E-state index contributed by atoms with van der Waals surface area (Å²) in [5, 5.41) is 7.15. The quantitative estimate of drug-likeness (QED) is 0.914. The molecule has 1 aliphatic rings. The van der Waals surface area contributed by atoms with E-state index >= 15 is 0 Å². The van der Waals surface area contributed by atoms with E-state index in [0.717, 1.165) is 12.0 Å². The number of carbonyl (C=O) groups excluding carboxylic acids is 1. The third kappa shape index (κ3) is 4.46. The van der Waals surface area contributed by atoms with Crippen LogP contribution < -0.4 is 5.32 Å². The van der Waals surface area contributed by atoms with Crippen LogP contribution in [-0.4, -0.2) is 50.9 Å². The molecule has 0 aliphatic carbocycles. The van der Waals surface area contributed by atoms with Crippen LogP contribution in [0.3, 0.4) is 0 Å². The molecule has 0 spiro atoms. The van der Waals surface area contributed by atoms with Crippen molar-refractivity contribution in [2.24, 2.45) is 0 Å². The molecule has 0 radical (unpaired) electrons. The highest BCUT2D eigenvalue weighted by Gasteiger charge is 2.29. The third-order valence-electron chi connectivity index (χ3n) is 3.73. The lowest BCUT2D eigenvalue weighted by atomic mass is 10.2. The van der Waals surface area contributed by atoms with E-state index in [1.54, 1.807) is 18.0 Å². The van der Waals surface area contributed by atoms with Crippen LogP contribution >= 0.6 is 0 Å². The summed E-state index contributed by atoms with van der Waals surface area (Å²) in [4.78, 5) is 22.4. The largest absolute Gasteiger partial charge is 0.444 e. The second-order valence-corrected chi connectivity index (χ2v) is 7.13. The van der Waals surface area contributed by atoms with E-state index in [0.29, 0.717) is 30.6 Å². The van der Waals surface area contributed by atoms with Crippen molar-refractivity contribution in [3.63, 3.8) is 0 Å². The van der Waals surface area contributed by atoms with Gasteiger partial charge in [-0.2, -0.15) is 4.98 Å². The maximum absolute atomic E-state index is 12.1. The third-order valence-corrected chi connectivity index (χ3v) is 3.73. The van der Waals surface area contributed by atoms with Gasteiger partial charge in [0.1, 0.15) is 11.4 Å². The summed E-state index contributed by atoms with van der Waals surface area (Å²) in [6, 6.07) is 3.81. The van der Waals surface area contributed by atoms with Gasteiger partial charge in [0.05, 0.1) is 0 Å². The van der Waals surface area contributed by atoms with Crippen LogP contribution in [0.15, 0.2) is 22.9 Å². The maximum atomic E-state index is 12.1. The lowest BCUT2D eigenvalue weighted by Gasteiger charge is -2.24. The van der Waals surface area contributed by atoms with Crippen molar-refractivity contribution in [3.05, 3.63) is 24.2 Å². The molecule has 8 heteroatoms. The zero-order valence-corrected chi connectivity index (χ0v) is 14.9. The van der Waals surface area contributed by atoms with Crippen LogP contribution in [0.4, 0.5) is 10.6 Å². The molecular weight excluding hydrogens is 322 g/mol. The number of pyridine rings is 1. The van der Waals surface area contributed by atoms with Gasteiger partial charge in [0, 0.05) is 30.9 Å². The fourth-order valence-electron chi connectivity index (χ4n) is 2.64. The molecule has 2 aromatic rings. The predicted octanol–water partition coefficient (Wildman–Crippen LogP) is 2.86. The Kier molecular flexibility index (Phi) is 4.61. The van der Waals surface area contributed by atoms with E-state index in [4.69, 9.17) is 9.26 Å². The minimum atomic E-state index is -0.485. The number of hydrogen-bond acceptors (Lipinski definition) is 7. The van der Waals surface area contributed by atoms with Gasteiger partial charge < -0.3 is 19.5 Å². The number of rotatable bonds is 3. The van der Waals surface area contributed by atoms with Crippen molar-refractivity contribution in [2.75, 3.05) is 18.4 Å². The molecule has 0 bridgehead atoms. The topological polar surface area (TPSA) is 93.4 Å². The van der Waals surface area contributed by atoms with Crippen LogP contribution in [0.5, 0.6) is 0 Å². The molecule has 0 saturated carbocycles. The number of likely N-dealkylation sites (tertiary alicyclic amines) is 1. The van der Waals surface area contributed by atoms with Crippen LogP contribution in [0.2, 0.25) is 0 Å². The predicted molar refractivity (Wildman–Crippen MR) is 92.1 cm³/mol. The molecule has 134 valence electrons. The van der Waals surface area contributed by atoms with Crippen LogP contribution in [0, 0.1) is 6.92 Å². The number of nitrogens with one attached hydrogen (secondary N) is 1. The van der Waals surface area contributed by atoms with Gasteiger partial charge in [-0.05, 0) is 46.2 Å². The van der Waals surface area contributed by atoms with Gasteiger partial charge in [0.25, 0.3) is 5.89 Å². The van der Waals surface area contributed by atoms with Crippen molar-refractivity contribution >= 4 is 11.9 Å². The standard InChI is InChI=1S/C17H23N5O3/c1-11-19-15(25-21-11)12-5-7-18-14(9-12)20-13-6-8-22(10-13)16(23)24-17(2,3)4/h5,7,9,13H,6,8,10H2,1-4H3,(H,18,20). The Labute approximate surface area is 146 Å². The maximum Gasteiger partial charge on any atom is 0.410 e. The van der Waals surface area contributed by atoms with E-state index in [9.17, 15) is 4.79 Å². The number of anilines is 1. The lowest BCUT2D eigenvalue weighted by Crippen LogP contribution is -2.36. The number of ether oxygens (including phenoxy) is 1.